The molecule has 1 aromatic carbocycles. The molecule has 0 atom stereocenters. The molecule has 88 valence electrons. The lowest BCUT2D eigenvalue weighted by Crippen LogP contribution is -1.95. The summed E-state index contributed by atoms with van der Waals surface area (Å²) >= 11 is 13.5. The average molecular weight is 286 g/mol. The average Bonchev–Trinajstić information content (AvgIpc) is 2.32. The van der Waals surface area contributed by atoms with E-state index >= 15 is 0 Å². The number of nitrogen functional groups attached to an aromatic ring is 1. The zero-order chi connectivity index (χ0) is 12.3. The van der Waals surface area contributed by atoms with Crippen molar-refractivity contribution < 1.29 is 0 Å². The molecule has 3 nitrogen and oxygen atoms in total. The van der Waals surface area contributed by atoms with Gasteiger partial charge in [-0.3, -0.25) is 0 Å². The topological polar surface area (TPSA) is 51.8 Å². The minimum absolute atomic E-state index is 0.219. The van der Waals surface area contributed by atoms with E-state index in [1.807, 2.05) is 24.3 Å². The smallest absolute Gasteiger partial charge is 0.221 e. The van der Waals surface area contributed by atoms with Crippen LogP contribution < -0.4 is 5.73 Å². The highest BCUT2D eigenvalue weighted by atomic mass is 35.5. The second-order valence-electron chi connectivity index (χ2n) is 3.26. The molecule has 0 aliphatic carbocycles. The first kappa shape index (κ1) is 12.5. The summed E-state index contributed by atoms with van der Waals surface area (Å²) in [6.45, 7) is 0. The van der Waals surface area contributed by atoms with Gasteiger partial charge in [0.05, 0.1) is 11.2 Å². The van der Waals surface area contributed by atoms with Gasteiger partial charge in [-0.1, -0.05) is 53.2 Å². The molecule has 0 fully saturated rings. The van der Waals surface area contributed by atoms with Crippen LogP contribution in [0.2, 0.25) is 10.0 Å². The van der Waals surface area contributed by atoms with E-state index in [0.29, 0.717) is 15.8 Å². The van der Waals surface area contributed by atoms with Crippen LogP contribution in [-0.4, -0.2) is 9.97 Å². The molecule has 0 spiro atoms. The number of nitrogens with zero attached hydrogens (tertiary/aromatic N) is 2. The van der Waals surface area contributed by atoms with Crippen LogP contribution in [0.25, 0.3) is 0 Å². The van der Waals surface area contributed by atoms with Gasteiger partial charge >= 0.3 is 0 Å². The Hall–Kier alpha value is -0.970. The summed E-state index contributed by atoms with van der Waals surface area (Å²) in [4.78, 5) is 7.88. The summed E-state index contributed by atoms with van der Waals surface area (Å²) in [5.74, 6) is 0.909. The SMILES string of the molecule is Nc1ncc(Cl)c(SCc2ccccc2Cl)n1. The minimum atomic E-state index is 0.219. The first-order valence-corrected chi connectivity index (χ1v) is 6.55. The summed E-state index contributed by atoms with van der Waals surface area (Å²) in [6, 6.07) is 7.66. The highest BCUT2D eigenvalue weighted by molar-refractivity contribution is 7.98. The highest BCUT2D eigenvalue weighted by Gasteiger charge is 2.06. The summed E-state index contributed by atoms with van der Waals surface area (Å²) in [5, 5.41) is 1.90. The lowest BCUT2D eigenvalue weighted by Gasteiger charge is -2.05. The van der Waals surface area contributed by atoms with E-state index in [1.165, 1.54) is 18.0 Å². The predicted molar refractivity (Wildman–Crippen MR) is 72.5 cm³/mol. The van der Waals surface area contributed by atoms with Gasteiger partial charge in [0.15, 0.2) is 0 Å². The van der Waals surface area contributed by atoms with Gasteiger partial charge < -0.3 is 5.73 Å². The molecule has 0 bridgehead atoms. The monoisotopic (exact) mass is 285 g/mol. The predicted octanol–water partition coefficient (Wildman–Crippen LogP) is 3.66. The Balaban J connectivity index is 2.12. The van der Waals surface area contributed by atoms with Gasteiger partial charge in [-0.15, -0.1) is 0 Å². The van der Waals surface area contributed by atoms with E-state index in [0.717, 1.165) is 10.6 Å². The van der Waals surface area contributed by atoms with Crippen molar-refractivity contribution in [2.75, 3.05) is 5.73 Å². The van der Waals surface area contributed by atoms with Crippen LogP contribution in [0.3, 0.4) is 0 Å². The molecule has 1 heterocycles. The van der Waals surface area contributed by atoms with E-state index in [2.05, 4.69) is 9.97 Å². The zero-order valence-electron chi connectivity index (χ0n) is 8.73. The largest absolute Gasteiger partial charge is 0.368 e. The van der Waals surface area contributed by atoms with Crippen LogP contribution in [0.1, 0.15) is 5.56 Å². The number of anilines is 1. The number of hydrogen-bond acceptors (Lipinski definition) is 4. The van der Waals surface area contributed by atoms with Crippen molar-refractivity contribution in [3.05, 3.63) is 46.1 Å². The van der Waals surface area contributed by atoms with Gasteiger partial charge in [0.2, 0.25) is 5.95 Å². The number of rotatable bonds is 3. The number of aromatic nitrogens is 2. The normalized spacial score (nSPS) is 10.5. The fourth-order valence-corrected chi connectivity index (χ4v) is 2.66. The molecule has 0 aliphatic rings. The summed E-state index contributed by atoms with van der Waals surface area (Å²) in [6.07, 6.45) is 1.50. The van der Waals surface area contributed by atoms with Gasteiger partial charge in [-0.05, 0) is 11.6 Å². The Morgan fingerprint density at radius 1 is 1.18 bits per heavy atom. The van der Waals surface area contributed by atoms with Crippen molar-refractivity contribution in [3.63, 3.8) is 0 Å². The Morgan fingerprint density at radius 3 is 2.71 bits per heavy atom. The molecule has 0 unspecified atom stereocenters. The number of nitrogens with two attached hydrogens (primary N) is 1. The molecule has 0 aliphatic heterocycles. The molecule has 6 heteroatoms. The van der Waals surface area contributed by atoms with Gasteiger partial charge in [0, 0.05) is 10.8 Å². The van der Waals surface area contributed by atoms with Gasteiger partial charge in [0.1, 0.15) is 5.03 Å². The molecule has 0 saturated carbocycles. The molecule has 2 N–H and O–H groups in total. The van der Waals surface area contributed by atoms with Crippen molar-refractivity contribution in [1.82, 2.24) is 9.97 Å². The summed E-state index contributed by atoms with van der Waals surface area (Å²) in [7, 11) is 0. The number of thioether (sulfide) groups is 1. The van der Waals surface area contributed by atoms with E-state index in [1.54, 1.807) is 0 Å². The lowest BCUT2D eigenvalue weighted by molar-refractivity contribution is 1.06. The van der Waals surface area contributed by atoms with Crippen molar-refractivity contribution in [2.45, 2.75) is 10.8 Å². The lowest BCUT2D eigenvalue weighted by atomic mass is 10.2. The van der Waals surface area contributed by atoms with Crippen molar-refractivity contribution in [1.29, 1.82) is 0 Å². The third-order valence-corrected chi connectivity index (χ3v) is 3.85. The summed E-state index contributed by atoms with van der Waals surface area (Å²) < 4.78 is 0. The maximum absolute atomic E-state index is 6.06. The van der Waals surface area contributed by atoms with Crippen molar-refractivity contribution in [3.8, 4) is 0 Å². The Labute approximate surface area is 113 Å². The van der Waals surface area contributed by atoms with E-state index in [4.69, 9.17) is 28.9 Å². The standard InChI is InChI=1S/C11H9Cl2N3S/c12-8-4-2-1-3-7(8)6-17-10-9(13)5-15-11(14)16-10/h1-5H,6H2,(H2,14,15,16). The highest BCUT2D eigenvalue weighted by Crippen LogP contribution is 2.29. The fraction of sp³-hybridized carbons (Fsp3) is 0.0909. The van der Waals surface area contributed by atoms with Crippen LogP contribution in [0.15, 0.2) is 35.5 Å². The number of benzene rings is 1. The van der Waals surface area contributed by atoms with Crippen LogP contribution in [-0.2, 0) is 5.75 Å². The Morgan fingerprint density at radius 2 is 1.94 bits per heavy atom. The molecule has 0 radical (unpaired) electrons. The minimum Gasteiger partial charge on any atom is -0.368 e. The Kier molecular flexibility index (Phi) is 4.10. The fourth-order valence-electron chi connectivity index (χ4n) is 1.23. The zero-order valence-corrected chi connectivity index (χ0v) is 11.1. The van der Waals surface area contributed by atoms with Crippen LogP contribution in [0, 0.1) is 0 Å². The van der Waals surface area contributed by atoms with E-state index in [9.17, 15) is 0 Å². The molecule has 17 heavy (non-hydrogen) atoms. The van der Waals surface area contributed by atoms with Crippen LogP contribution in [0.5, 0.6) is 0 Å². The quantitative estimate of drug-likeness (QED) is 0.691. The van der Waals surface area contributed by atoms with Crippen molar-refractivity contribution >= 4 is 40.9 Å². The third kappa shape index (κ3) is 3.25. The molecular weight excluding hydrogens is 277 g/mol. The molecule has 2 rings (SSSR count). The Bertz CT molecular complexity index is 534. The molecule has 0 saturated heterocycles. The second kappa shape index (κ2) is 5.58. The third-order valence-electron chi connectivity index (χ3n) is 2.05. The second-order valence-corrected chi connectivity index (χ2v) is 5.04. The molecular formula is C11H9Cl2N3S. The van der Waals surface area contributed by atoms with E-state index in [-0.39, 0.29) is 5.95 Å². The molecule has 0 amide bonds. The maximum atomic E-state index is 6.06. The first-order valence-electron chi connectivity index (χ1n) is 4.81. The number of hydrogen-bond donors (Lipinski definition) is 1. The maximum Gasteiger partial charge on any atom is 0.221 e. The first-order chi connectivity index (χ1) is 8.16. The molecule has 1 aromatic heterocycles. The van der Waals surface area contributed by atoms with Crippen molar-refractivity contribution in [2.24, 2.45) is 0 Å². The van der Waals surface area contributed by atoms with Crippen LogP contribution >= 0.6 is 35.0 Å². The van der Waals surface area contributed by atoms with Gasteiger partial charge in [-0.25, -0.2) is 9.97 Å². The number of halogens is 2. The molecule has 2 aromatic rings. The van der Waals surface area contributed by atoms with Crippen LogP contribution in [0.4, 0.5) is 5.95 Å². The summed E-state index contributed by atoms with van der Waals surface area (Å²) in [5.41, 5.74) is 6.54. The van der Waals surface area contributed by atoms with E-state index < -0.39 is 0 Å². The van der Waals surface area contributed by atoms with Gasteiger partial charge in [-0.2, -0.15) is 0 Å². The van der Waals surface area contributed by atoms with Gasteiger partial charge in [0.25, 0.3) is 0 Å².